The van der Waals surface area contributed by atoms with Crippen LogP contribution in [0.25, 0.3) is 0 Å². The van der Waals surface area contributed by atoms with E-state index in [4.69, 9.17) is 14.7 Å². The molecule has 0 amide bonds. The lowest BCUT2D eigenvalue weighted by atomic mass is 9.90. The quantitative estimate of drug-likeness (QED) is 0.719. The van der Waals surface area contributed by atoms with E-state index in [-0.39, 0.29) is 5.56 Å². The second-order valence-electron chi connectivity index (χ2n) is 5.31. The summed E-state index contributed by atoms with van der Waals surface area (Å²) < 4.78 is 24.7. The van der Waals surface area contributed by atoms with Crippen molar-refractivity contribution in [2.24, 2.45) is 0 Å². The molecule has 1 aliphatic heterocycles. The van der Waals surface area contributed by atoms with Gasteiger partial charge in [-0.3, -0.25) is 0 Å². The Hall–Kier alpha value is -1.51. The monoisotopic (exact) mass is 250 g/mol. The molecule has 1 aromatic heterocycles. The first-order chi connectivity index (χ1) is 8.27. The van der Waals surface area contributed by atoms with Crippen molar-refractivity contribution in [3.05, 3.63) is 29.3 Å². The van der Waals surface area contributed by atoms with E-state index in [2.05, 4.69) is 4.98 Å². The van der Waals surface area contributed by atoms with E-state index in [0.717, 1.165) is 0 Å². The second kappa shape index (κ2) is 4.01. The Kier molecular flexibility index (Phi) is 2.88. The second-order valence-corrected chi connectivity index (χ2v) is 5.31. The van der Waals surface area contributed by atoms with Gasteiger partial charge < -0.3 is 9.47 Å². The molecular formula is C13H15FN2O2. The van der Waals surface area contributed by atoms with Crippen LogP contribution in [0.2, 0.25) is 0 Å². The largest absolute Gasteiger partial charge is 0.339 e. The average molecular weight is 250 g/mol. The topological polar surface area (TPSA) is 55.1 Å². The van der Waals surface area contributed by atoms with E-state index in [1.807, 2.05) is 27.7 Å². The van der Waals surface area contributed by atoms with E-state index in [9.17, 15) is 4.39 Å². The zero-order valence-electron chi connectivity index (χ0n) is 10.8. The highest BCUT2D eigenvalue weighted by Crippen LogP contribution is 2.44. The predicted octanol–water partition coefficient (Wildman–Crippen LogP) is 2.69. The third-order valence-electron chi connectivity index (χ3n) is 3.51. The molecule has 0 aromatic carbocycles. The van der Waals surface area contributed by atoms with Crippen LogP contribution >= 0.6 is 0 Å². The lowest BCUT2D eigenvalue weighted by molar-refractivity contribution is -0.0898. The highest BCUT2D eigenvalue weighted by atomic mass is 19.1. The maximum Gasteiger partial charge on any atom is 0.230 e. The van der Waals surface area contributed by atoms with Crippen molar-refractivity contribution in [2.75, 3.05) is 0 Å². The zero-order chi connectivity index (χ0) is 13.6. The average Bonchev–Trinajstić information content (AvgIpc) is 2.49. The summed E-state index contributed by atoms with van der Waals surface area (Å²) in [7, 11) is 0. The van der Waals surface area contributed by atoms with Gasteiger partial charge in [0.25, 0.3) is 0 Å². The summed E-state index contributed by atoms with van der Waals surface area (Å²) in [6.07, 6.45) is 0.702. The molecule has 0 atom stereocenters. The Morgan fingerprint density at radius 1 is 1.28 bits per heavy atom. The van der Waals surface area contributed by atoms with Crippen molar-refractivity contribution in [3.8, 4) is 6.07 Å². The number of nitrogens with zero attached hydrogens (tertiary/aromatic N) is 2. The molecule has 2 heterocycles. The van der Waals surface area contributed by atoms with Gasteiger partial charge in [-0.15, -0.1) is 0 Å². The Balaban J connectivity index is 2.33. The molecule has 0 saturated carbocycles. The fraction of sp³-hybridized carbons (Fsp3) is 0.538. The maximum absolute atomic E-state index is 13.1. The minimum atomic E-state index is -0.780. The zero-order valence-corrected chi connectivity index (χ0v) is 10.8. The Bertz CT molecular complexity index is 504. The van der Waals surface area contributed by atoms with Gasteiger partial charge in [0.2, 0.25) is 5.95 Å². The van der Waals surface area contributed by atoms with Gasteiger partial charge in [0.15, 0.2) is 6.29 Å². The highest BCUT2D eigenvalue weighted by Gasteiger charge is 2.49. The van der Waals surface area contributed by atoms with Crippen LogP contribution in [0.3, 0.4) is 0 Å². The van der Waals surface area contributed by atoms with Gasteiger partial charge in [0.05, 0.1) is 11.2 Å². The molecule has 1 aliphatic rings. The van der Waals surface area contributed by atoms with Gasteiger partial charge in [-0.25, -0.2) is 4.98 Å². The number of halogens is 1. The highest BCUT2D eigenvalue weighted by molar-refractivity contribution is 5.31. The number of aromatic nitrogens is 1. The molecule has 5 heteroatoms. The molecule has 1 fully saturated rings. The SMILES string of the molecule is CC1(C)OC(c2cnc(F)c(C#N)c2)OC1(C)C. The third-order valence-corrected chi connectivity index (χ3v) is 3.51. The lowest BCUT2D eigenvalue weighted by Gasteiger charge is -2.30. The number of pyridine rings is 1. The molecule has 0 bridgehead atoms. The molecule has 0 radical (unpaired) electrons. The van der Waals surface area contributed by atoms with Gasteiger partial charge in [-0.05, 0) is 33.8 Å². The third kappa shape index (κ3) is 1.98. The first-order valence-electron chi connectivity index (χ1n) is 5.68. The molecule has 2 rings (SSSR count). The van der Waals surface area contributed by atoms with Crippen molar-refractivity contribution in [1.29, 1.82) is 5.26 Å². The molecule has 0 N–H and O–H groups in total. The van der Waals surface area contributed by atoms with Gasteiger partial charge in [-0.1, -0.05) is 0 Å². The number of hydrogen-bond donors (Lipinski definition) is 0. The summed E-state index contributed by atoms with van der Waals surface area (Å²) in [5.41, 5.74) is -0.508. The van der Waals surface area contributed by atoms with Crippen LogP contribution in [0.1, 0.15) is 45.1 Å². The molecule has 0 spiro atoms. The maximum atomic E-state index is 13.1. The Labute approximate surface area is 105 Å². The summed E-state index contributed by atoms with van der Waals surface area (Å²) in [4.78, 5) is 3.54. The first kappa shape index (κ1) is 12.9. The number of nitriles is 1. The summed E-state index contributed by atoms with van der Waals surface area (Å²) in [5.74, 6) is -0.780. The van der Waals surface area contributed by atoms with Crippen LogP contribution in [-0.4, -0.2) is 16.2 Å². The van der Waals surface area contributed by atoms with Gasteiger partial charge >= 0.3 is 0 Å². The van der Waals surface area contributed by atoms with Crippen molar-refractivity contribution < 1.29 is 13.9 Å². The van der Waals surface area contributed by atoms with E-state index in [1.54, 1.807) is 6.07 Å². The Morgan fingerprint density at radius 3 is 2.33 bits per heavy atom. The molecule has 4 nitrogen and oxygen atoms in total. The number of hydrogen-bond acceptors (Lipinski definition) is 4. The standard InChI is InChI=1S/C13H15FN2O2/c1-12(2)13(3,4)18-11(17-12)9-5-8(6-15)10(14)16-7-9/h5,7,11H,1-4H3. The minimum Gasteiger partial charge on any atom is -0.339 e. The van der Waals surface area contributed by atoms with Crippen molar-refractivity contribution in [1.82, 2.24) is 4.98 Å². The van der Waals surface area contributed by atoms with Crippen LogP contribution in [0, 0.1) is 17.3 Å². The van der Waals surface area contributed by atoms with Crippen molar-refractivity contribution >= 4 is 0 Å². The Morgan fingerprint density at radius 2 is 1.83 bits per heavy atom. The van der Waals surface area contributed by atoms with Crippen LogP contribution in [0.5, 0.6) is 0 Å². The van der Waals surface area contributed by atoms with Crippen molar-refractivity contribution in [3.63, 3.8) is 0 Å². The van der Waals surface area contributed by atoms with Gasteiger partial charge in [0, 0.05) is 11.8 Å². The summed E-state index contributed by atoms with van der Waals surface area (Å²) in [6, 6.07) is 3.16. The van der Waals surface area contributed by atoms with Crippen molar-refractivity contribution in [2.45, 2.75) is 45.2 Å². The summed E-state index contributed by atoms with van der Waals surface area (Å²) >= 11 is 0. The van der Waals surface area contributed by atoms with Crippen LogP contribution < -0.4 is 0 Å². The van der Waals surface area contributed by atoms with Crippen LogP contribution in [0.15, 0.2) is 12.3 Å². The van der Waals surface area contributed by atoms with E-state index in [1.165, 1.54) is 12.3 Å². The molecule has 1 saturated heterocycles. The molecular weight excluding hydrogens is 235 g/mol. The predicted molar refractivity (Wildman–Crippen MR) is 62.0 cm³/mol. The first-order valence-corrected chi connectivity index (χ1v) is 5.68. The smallest absolute Gasteiger partial charge is 0.230 e. The fourth-order valence-corrected chi connectivity index (χ4v) is 1.65. The van der Waals surface area contributed by atoms with Gasteiger partial charge in [-0.2, -0.15) is 9.65 Å². The molecule has 18 heavy (non-hydrogen) atoms. The minimum absolute atomic E-state index is 0.109. The molecule has 96 valence electrons. The molecule has 0 unspecified atom stereocenters. The van der Waals surface area contributed by atoms with E-state index >= 15 is 0 Å². The number of ether oxygens (including phenoxy) is 2. The molecule has 1 aromatic rings. The summed E-state index contributed by atoms with van der Waals surface area (Å²) in [6.45, 7) is 7.70. The van der Waals surface area contributed by atoms with E-state index in [0.29, 0.717) is 5.56 Å². The van der Waals surface area contributed by atoms with Crippen LogP contribution in [0.4, 0.5) is 4.39 Å². The number of rotatable bonds is 1. The normalized spacial score (nSPS) is 21.8. The van der Waals surface area contributed by atoms with Gasteiger partial charge in [0.1, 0.15) is 11.6 Å². The summed E-state index contributed by atoms with van der Waals surface area (Å²) in [5, 5.41) is 8.78. The lowest BCUT2D eigenvalue weighted by Crippen LogP contribution is -2.41. The molecule has 0 aliphatic carbocycles. The fourth-order valence-electron chi connectivity index (χ4n) is 1.65. The van der Waals surface area contributed by atoms with E-state index < -0.39 is 23.4 Å². The van der Waals surface area contributed by atoms with Crippen LogP contribution in [-0.2, 0) is 9.47 Å².